The Kier molecular flexibility index (Phi) is 5.28. The molecule has 0 spiro atoms. The van der Waals surface area contributed by atoms with Gasteiger partial charge in [-0.1, -0.05) is 12.5 Å². The maximum atomic E-state index is 12.3. The van der Waals surface area contributed by atoms with Crippen molar-refractivity contribution in [2.75, 3.05) is 19.6 Å². The highest BCUT2D eigenvalue weighted by molar-refractivity contribution is 7.09. The van der Waals surface area contributed by atoms with E-state index in [-0.39, 0.29) is 5.91 Å². The maximum absolute atomic E-state index is 12.3. The number of nitrogens with one attached hydrogen (secondary N) is 1. The van der Waals surface area contributed by atoms with Crippen LogP contribution in [0.1, 0.15) is 43.3 Å². The van der Waals surface area contributed by atoms with Gasteiger partial charge in [0.15, 0.2) is 0 Å². The molecule has 1 aliphatic heterocycles. The first-order valence-electron chi connectivity index (χ1n) is 8.49. The van der Waals surface area contributed by atoms with Crippen LogP contribution in [0.2, 0.25) is 0 Å². The van der Waals surface area contributed by atoms with Crippen LogP contribution in [0.4, 0.5) is 0 Å². The molecule has 1 fully saturated rings. The fourth-order valence-corrected chi connectivity index (χ4v) is 3.90. The molecule has 1 unspecified atom stereocenters. The first-order chi connectivity index (χ1) is 11.1. The van der Waals surface area contributed by atoms with Crippen LogP contribution in [-0.2, 0) is 4.79 Å². The number of aromatic nitrogens is 1. The second-order valence-corrected chi connectivity index (χ2v) is 7.48. The minimum Gasteiger partial charge on any atom is -0.351 e. The molecule has 1 saturated heterocycles. The topological polar surface area (TPSA) is 45.2 Å². The van der Waals surface area contributed by atoms with Crippen LogP contribution in [0.5, 0.6) is 0 Å². The van der Waals surface area contributed by atoms with Crippen molar-refractivity contribution in [3.05, 3.63) is 33.8 Å². The smallest absolute Gasteiger partial charge is 0.247 e. The van der Waals surface area contributed by atoms with Gasteiger partial charge in [0.1, 0.15) is 0 Å². The highest BCUT2D eigenvalue weighted by Crippen LogP contribution is 2.27. The molecule has 4 nitrogen and oxygen atoms in total. The van der Waals surface area contributed by atoms with E-state index in [0.29, 0.717) is 12.5 Å². The SMILES string of the molecule is Cc1nc(C2=CCC(C(=O)NCCN3CCCCC3C)=C2)cs1. The molecule has 0 aromatic carbocycles. The molecule has 0 saturated carbocycles. The summed E-state index contributed by atoms with van der Waals surface area (Å²) in [5.41, 5.74) is 2.90. The van der Waals surface area contributed by atoms with Crippen molar-refractivity contribution >= 4 is 22.8 Å². The number of hydrogen-bond donors (Lipinski definition) is 1. The van der Waals surface area contributed by atoms with E-state index in [4.69, 9.17) is 0 Å². The van der Waals surface area contributed by atoms with Gasteiger partial charge < -0.3 is 5.32 Å². The van der Waals surface area contributed by atoms with Gasteiger partial charge in [-0.3, -0.25) is 9.69 Å². The molecule has 1 aromatic rings. The number of nitrogens with zero attached hydrogens (tertiary/aromatic N) is 2. The van der Waals surface area contributed by atoms with E-state index in [2.05, 4.69) is 33.6 Å². The van der Waals surface area contributed by atoms with E-state index >= 15 is 0 Å². The summed E-state index contributed by atoms with van der Waals surface area (Å²) in [6.45, 7) is 7.13. The molecule has 2 heterocycles. The fourth-order valence-electron chi connectivity index (χ4n) is 3.27. The van der Waals surface area contributed by atoms with Crippen molar-refractivity contribution in [1.82, 2.24) is 15.2 Å². The van der Waals surface area contributed by atoms with Crippen LogP contribution in [0, 0.1) is 6.92 Å². The second-order valence-electron chi connectivity index (χ2n) is 6.42. The summed E-state index contributed by atoms with van der Waals surface area (Å²) >= 11 is 1.64. The van der Waals surface area contributed by atoms with E-state index in [1.807, 2.05) is 13.0 Å². The largest absolute Gasteiger partial charge is 0.351 e. The van der Waals surface area contributed by atoms with Crippen molar-refractivity contribution in [2.45, 2.75) is 45.6 Å². The van der Waals surface area contributed by atoms with Crippen molar-refractivity contribution in [2.24, 2.45) is 0 Å². The summed E-state index contributed by atoms with van der Waals surface area (Å²) in [7, 11) is 0. The summed E-state index contributed by atoms with van der Waals surface area (Å²) < 4.78 is 0. The van der Waals surface area contributed by atoms with Crippen molar-refractivity contribution < 1.29 is 4.79 Å². The van der Waals surface area contributed by atoms with Gasteiger partial charge in [0.25, 0.3) is 0 Å². The number of hydrogen-bond acceptors (Lipinski definition) is 4. The van der Waals surface area contributed by atoms with E-state index in [1.54, 1.807) is 11.3 Å². The zero-order valence-electron chi connectivity index (χ0n) is 14.0. The first-order valence-corrected chi connectivity index (χ1v) is 9.37. The lowest BCUT2D eigenvalue weighted by molar-refractivity contribution is -0.117. The van der Waals surface area contributed by atoms with Crippen LogP contribution in [-0.4, -0.2) is 41.5 Å². The molecule has 23 heavy (non-hydrogen) atoms. The molecule has 1 atom stereocenters. The summed E-state index contributed by atoms with van der Waals surface area (Å²) in [4.78, 5) is 19.3. The van der Waals surface area contributed by atoms with Gasteiger partial charge in [-0.25, -0.2) is 4.98 Å². The second kappa shape index (κ2) is 7.41. The molecular formula is C18H25N3OS. The highest BCUT2D eigenvalue weighted by atomic mass is 32.1. The Morgan fingerprint density at radius 2 is 2.35 bits per heavy atom. The van der Waals surface area contributed by atoms with E-state index in [9.17, 15) is 4.79 Å². The van der Waals surface area contributed by atoms with Gasteiger partial charge in [-0.2, -0.15) is 0 Å². The third-order valence-corrected chi connectivity index (χ3v) is 5.48. The Hall–Kier alpha value is -1.46. The first kappa shape index (κ1) is 16.4. The highest BCUT2D eigenvalue weighted by Gasteiger charge is 2.19. The van der Waals surface area contributed by atoms with Crippen LogP contribution in [0.3, 0.4) is 0 Å². The fraction of sp³-hybridized carbons (Fsp3) is 0.556. The Morgan fingerprint density at radius 3 is 3.09 bits per heavy atom. The molecule has 124 valence electrons. The van der Waals surface area contributed by atoms with Gasteiger partial charge in [0.2, 0.25) is 5.91 Å². The van der Waals surface area contributed by atoms with E-state index in [0.717, 1.165) is 41.5 Å². The number of likely N-dealkylation sites (tertiary alicyclic amines) is 1. The van der Waals surface area contributed by atoms with Gasteiger partial charge in [0.05, 0.1) is 10.7 Å². The lowest BCUT2D eigenvalue weighted by Crippen LogP contribution is -2.42. The standard InChI is InChI=1S/C18H25N3OS/c1-13-5-3-4-9-21(13)10-8-19-18(22)16-7-6-15(11-16)17-12-23-14(2)20-17/h6,11-13H,3-5,7-10H2,1-2H3,(H,19,22). The van der Waals surface area contributed by atoms with Crippen LogP contribution >= 0.6 is 11.3 Å². The van der Waals surface area contributed by atoms with E-state index in [1.165, 1.54) is 19.3 Å². The number of thiazole rings is 1. The minimum absolute atomic E-state index is 0.0628. The average molecular weight is 331 g/mol. The molecule has 3 rings (SSSR count). The van der Waals surface area contributed by atoms with Gasteiger partial charge in [0, 0.05) is 30.1 Å². The Morgan fingerprint density at radius 1 is 1.48 bits per heavy atom. The maximum Gasteiger partial charge on any atom is 0.247 e. The molecule has 5 heteroatoms. The van der Waals surface area contributed by atoms with Crippen molar-refractivity contribution in [3.63, 3.8) is 0 Å². The third-order valence-electron chi connectivity index (χ3n) is 4.70. The monoisotopic (exact) mass is 331 g/mol. The van der Waals surface area contributed by atoms with E-state index < -0.39 is 0 Å². The molecule has 2 aliphatic rings. The van der Waals surface area contributed by atoms with Crippen molar-refractivity contribution in [1.29, 1.82) is 0 Å². The number of allylic oxidation sites excluding steroid dienone is 3. The molecule has 0 bridgehead atoms. The lowest BCUT2D eigenvalue weighted by atomic mass is 10.0. The Balaban J connectivity index is 1.48. The Bertz CT molecular complexity index is 632. The number of piperidine rings is 1. The van der Waals surface area contributed by atoms with Crippen LogP contribution in [0.25, 0.3) is 5.57 Å². The zero-order chi connectivity index (χ0) is 16.2. The molecule has 1 aromatic heterocycles. The van der Waals surface area contributed by atoms with Gasteiger partial charge >= 0.3 is 0 Å². The number of carbonyl (C=O) groups is 1. The molecule has 1 N–H and O–H groups in total. The number of aryl methyl sites for hydroxylation is 1. The lowest BCUT2D eigenvalue weighted by Gasteiger charge is -2.33. The number of amides is 1. The summed E-state index contributed by atoms with van der Waals surface area (Å²) in [6, 6.07) is 0.646. The van der Waals surface area contributed by atoms with Crippen molar-refractivity contribution in [3.8, 4) is 0 Å². The average Bonchev–Trinajstić information content (AvgIpc) is 3.18. The van der Waals surface area contributed by atoms with Gasteiger partial charge in [-0.05, 0) is 51.3 Å². The molecule has 0 radical (unpaired) electrons. The van der Waals surface area contributed by atoms with Gasteiger partial charge in [-0.15, -0.1) is 11.3 Å². The number of rotatable bonds is 5. The van der Waals surface area contributed by atoms with Crippen LogP contribution in [0.15, 0.2) is 23.1 Å². The summed E-state index contributed by atoms with van der Waals surface area (Å²) in [5.74, 6) is 0.0628. The van der Waals surface area contributed by atoms with Crippen LogP contribution < -0.4 is 5.32 Å². The number of carbonyl (C=O) groups excluding carboxylic acids is 1. The normalized spacial score (nSPS) is 21.9. The summed E-state index contributed by atoms with van der Waals surface area (Å²) in [5, 5.41) is 6.18. The molecular weight excluding hydrogens is 306 g/mol. The quantitative estimate of drug-likeness (QED) is 0.901. The predicted molar refractivity (Wildman–Crippen MR) is 95.4 cm³/mol. The third kappa shape index (κ3) is 4.09. The molecule has 1 aliphatic carbocycles. The Labute approximate surface area is 142 Å². The summed E-state index contributed by atoms with van der Waals surface area (Å²) in [6.07, 6.45) is 8.67. The minimum atomic E-state index is 0.0628. The molecule has 1 amide bonds. The predicted octanol–water partition coefficient (Wildman–Crippen LogP) is 3.16. The zero-order valence-corrected chi connectivity index (χ0v) is 14.8.